The molecular formula is C14H12FNO2. The lowest BCUT2D eigenvalue weighted by atomic mass is 10.1. The van der Waals surface area contributed by atoms with Gasteiger partial charge < -0.3 is 4.74 Å². The minimum absolute atomic E-state index is 0.249. The van der Waals surface area contributed by atoms with Gasteiger partial charge in [-0.15, -0.1) is 0 Å². The Kier molecular flexibility index (Phi) is 3.67. The number of pyridine rings is 1. The van der Waals surface area contributed by atoms with Crippen LogP contribution in [-0.4, -0.2) is 17.6 Å². The average molecular weight is 245 g/mol. The summed E-state index contributed by atoms with van der Waals surface area (Å²) in [7, 11) is 0. The number of rotatable bonds is 3. The number of nitrogens with zero attached hydrogens (tertiary/aromatic N) is 1. The molecule has 1 heterocycles. The molecule has 0 saturated carbocycles. The lowest BCUT2D eigenvalue weighted by molar-refractivity contribution is 0.0519. The molecule has 4 heteroatoms. The van der Waals surface area contributed by atoms with Crippen LogP contribution >= 0.6 is 0 Å². The zero-order valence-electron chi connectivity index (χ0n) is 9.89. The van der Waals surface area contributed by atoms with E-state index in [2.05, 4.69) is 4.98 Å². The fraction of sp³-hybridized carbons (Fsp3) is 0.143. The molecule has 2 aromatic rings. The quantitative estimate of drug-likeness (QED) is 0.780. The summed E-state index contributed by atoms with van der Waals surface area (Å²) in [5.74, 6) is -0.750. The molecule has 0 saturated heterocycles. The topological polar surface area (TPSA) is 39.2 Å². The standard InChI is InChI=1S/C14H12FNO2/c1-2-18-14(17)13-9-11(7-8-16-13)10-3-5-12(15)6-4-10/h3-9H,2H2,1H3. The zero-order valence-corrected chi connectivity index (χ0v) is 9.89. The van der Waals surface area contributed by atoms with Crippen molar-refractivity contribution >= 4 is 5.97 Å². The van der Waals surface area contributed by atoms with Crippen LogP contribution < -0.4 is 0 Å². The van der Waals surface area contributed by atoms with Crippen LogP contribution in [0.4, 0.5) is 4.39 Å². The first-order valence-corrected chi connectivity index (χ1v) is 5.60. The Labute approximate surface area is 104 Å². The molecule has 0 aliphatic carbocycles. The van der Waals surface area contributed by atoms with E-state index in [0.717, 1.165) is 11.1 Å². The lowest BCUT2D eigenvalue weighted by Gasteiger charge is -2.04. The average Bonchev–Trinajstić information content (AvgIpc) is 2.40. The summed E-state index contributed by atoms with van der Waals surface area (Å²) in [4.78, 5) is 15.5. The number of carbonyl (C=O) groups excluding carboxylic acids is 1. The van der Waals surface area contributed by atoms with E-state index < -0.39 is 5.97 Å². The normalized spacial score (nSPS) is 10.1. The van der Waals surface area contributed by atoms with Gasteiger partial charge in [-0.2, -0.15) is 0 Å². The van der Waals surface area contributed by atoms with E-state index in [9.17, 15) is 9.18 Å². The third kappa shape index (κ3) is 2.71. The molecule has 0 aliphatic rings. The minimum atomic E-state index is -0.457. The van der Waals surface area contributed by atoms with Crippen molar-refractivity contribution in [1.82, 2.24) is 4.98 Å². The van der Waals surface area contributed by atoms with Crippen molar-refractivity contribution in [3.8, 4) is 11.1 Å². The van der Waals surface area contributed by atoms with Crippen molar-refractivity contribution in [3.63, 3.8) is 0 Å². The van der Waals surface area contributed by atoms with E-state index in [1.54, 1.807) is 31.2 Å². The van der Waals surface area contributed by atoms with Crippen LogP contribution in [0.5, 0.6) is 0 Å². The van der Waals surface area contributed by atoms with Crippen LogP contribution in [-0.2, 0) is 4.74 Å². The van der Waals surface area contributed by atoms with E-state index in [1.165, 1.54) is 18.3 Å². The van der Waals surface area contributed by atoms with Crippen molar-refractivity contribution in [2.45, 2.75) is 6.92 Å². The van der Waals surface area contributed by atoms with Gasteiger partial charge in [0.15, 0.2) is 0 Å². The van der Waals surface area contributed by atoms with Gasteiger partial charge in [0, 0.05) is 6.20 Å². The SMILES string of the molecule is CCOC(=O)c1cc(-c2ccc(F)cc2)ccn1. The van der Waals surface area contributed by atoms with Crippen LogP contribution in [0.15, 0.2) is 42.6 Å². The third-order valence-electron chi connectivity index (χ3n) is 2.42. The second-order valence-corrected chi connectivity index (χ2v) is 3.66. The van der Waals surface area contributed by atoms with Gasteiger partial charge in [0.25, 0.3) is 0 Å². The summed E-state index contributed by atoms with van der Waals surface area (Å²) in [5, 5.41) is 0. The first kappa shape index (κ1) is 12.2. The second-order valence-electron chi connectivity index (χ2n) is 3.66. The van der Waals surface area contributed by atoms with E-state index in [4.69, 9.17) is 4.74 Å². The van der Waals surface area contributed by atoms with E-state index in [-0.39, 0.29) is 11.5 Å². The molecule has 0 spiro atoms. The Morgan fingerprint density at radius 3 is 2.61 bits per heavy atom. The summed E-state index contributed by atoms with van der Waals surface area (Å²) < 4.78 is 17.7. The Balaban J connectivity index is 2.32. The molecule has 0 fully saturated rings. The lowest BCUT2D eigenvalue weighted by Crippen LogP contribution is -2.06. The maximum absolute atomic E-state index is 12.8. The van der Waals surface area contributed by atoms with Gasteiger partial charge >= 0.3 is 5.97 Å². The maximum atomic E-state index is 12.8. The molecule has 0 amide bonds. The van der Waals surface area contributed by atoms with Crippen molar-refractivity contribution in [1.29, 1.82) is 0 Å². The van der Waals surface area contributed by atoms with Gasteiger partial charge in [-0.1, -0.05) is 12.1 Å². The minimum Gasteiger partial charge on any atom is -0.461 e. The summed E-state index contributed by atoms with van der Waals surface area (Å²) >= 11 is 0. The zero-order chi connectivity index (χ0) is 13.0. The number of hydrogen-bond donors (Lipinski definition) is 0. The van der Waals surface area contributed by atoms with Gasteiger partial charge in [-0.25, -0.2) is 14.2 Å². The van der Waals surface area contributed by atoms with Crippen LogP contribution in [0.3, 0.4) is 0 Å². The summed E-state index contributed by atoms with van der Waals surface area (Å²) in [6, 6.07) is 9.44. The monoisotopic (exact) mass is 245 g/mol. The molecule has 18 heavy (non-hydrogen) atoms. The number of aromatic nitrogens is 1. The first-order valence-electron chi connectivity index (χ1n) is 5.60. The summed E-state index contributed by atoms with van der Waals surface area (Å²) in [6.45, 7) is 2.04. The van der Waals surface area contributed by atoms with Gasteiger partial charge in [0.05, 0.1) is 6.61 Å². The van der Waals surface area contributed by atoms with Gasteiger partial charge in [0.2, 0.25) is 0 Å². The smallest absolute Gasteiger partial charge is 0.356 e. The van der Waals surface area contributed by atoms with E-state index in [0.29, 0.717) is 6.61 Å². The Morgan fingerprint density at radius 1 is 1.22 bits per heavy atom. The molecule has 1 aromatic heterocycles. The van der Waals surface area contributed by atoms with Crippen LogP contribution in [0, 0.1) is 5.82 Å². The fourth-order valence-corrected chi connectivity index (χ4v) is 1.57. The highest BCUT2D eigenvalue weighted by Gasteiger charge is 2.09. The molecule has 0 aliphatic heterocycles. The number of carbonyl (C=O) groups is 1. The fourth-order valence-electron chi connectivity index (χ4n) is 1.57. The van der Waals surface area contributed by atoms with Crippen molar-refractivity contribution < 1.29 is 13.9 Å². The Morgan fingerprint density at radius 2 is 1.94 bits per heavy atom. The molecule has 3 nitrogen and oxygen atoms in total. The molecule has 1 aromatic carbocycles. The van der Waals surface area contributed by atoms with Crippen LogP contribution in [0.1, 0.15) is 17.4 Å². The third-order valence-corrected chi connectivity index (χ3v) is 2.42. The highest BCUT2D eigenvalue weighted by Crippen LogP contribution is 2.20. The highest BCUT2D eigenvalue weighted by atomic mass is 19.1. The van der Waals surface area contributed by atoms with E-state index in [1.807, 2.05) is 0 Å². The molecular weight excluding hydrogens is 233 g/mol. The number of ether oxygens (including phenoxy) is 1. The molecule has 0 radical (unpaired) electrons. The number of hydrogen-bond acceptors (Lipinski definition) is 3. The maximum Gasteiger partial charge on any atom is 0.356 e. The first-order chi connectivity index (χ1) is 8.70. The predicted molar refractivity (Wildman–Crippen MR) is 65.6 cm³/mol. The number of benzene rings is 1. The van der Waals surface area contributed by atoms with E-state index >= 15 is 0 Å². The molecule has 0 bridgehead atoms. The number of halogens is 1. The van der Waals surface area contributed by atoms with Crippen molar-refractivity contribution in [2.24, 2.45) is 0 Å². The van der Waals surface area contributed by atoms with Crippen molar-refractivity contribution in [2.75, 3.05) is 6.61 Å². The van der Waals surface area contributed by atoms with Crippen molar-refractivity contribution in [3.05, 3.63) is 54.1 Å². The highest BCUT2D eigenvalue weighted by molar-refractivity contribution is 5.88. The second kappa shape index (κ2) is 5.40. The molecule has 0 N–H and O–H groups in total. The van der Waals surface area contributed by atoms with Gasteiger partial charge in [-0.05, 0) is 42.3 Å². The summed E-state index contributed by atoms with van der Waals surface area (Å²) in [6.07, 6.45) is 1.53. The van der Waals surface area contributed by atoms with Gasteiger partial charge in [-0.3, -0.25) is 0 Å². The molecule has 2 rings (SSSR count). The van der Waals surface area contributed by atoms with Gasteiger partial charge in [0.1, 0.15) is 11.5 Å². The predicted octanol–water partition coefficient (Wildman–Crippen LogP) is 3.06. The molecule has 92 valence electrons. The summed E-state index contributed by atoms with van der Waals surface area (Å²) in [5.41, 5.74) is 1.87. The number of esters is 1. The Bertz CT molecular complexity index is 552. The molecule has 0 unspecified atom stereocenters. The molecule has 0 atom stereocenters. The largest absolute Gasteiger partial charge is 0.461 e. The Hall–Kier alpha value is -2.23. The van der Waals surface area contributed by atoms with Crippen LogP contribution in [0.25, 0.3) is 11.1 Å². The van der Waals surface area contributed by atoms with Crippen LogP contribution in [0.2, 0.25) is 0 Å².